The average molecular weight is 356 g/mol. The van der Waals surface area contributed by atoms with Crippen molar-refractivity contribution >= 4 is 28.7 Å². The molecule has 2 heterocycles. The van der Waals surface area contributed by atoms with Crippen LogP contribution >= 0.6 is 0 Å². The molecular weight excluding hydrogens is 332 g/mol. The zero-order valence-electron chi connectivity index (χ0n) is 15.4. The number of esters is 1. The van der Waals surface area contributed by atoms with E-state index in [1.54, 1.807) is 6.92 Å². The second-order valence-electron chi connectivity index (χ2n) is 6.57. The Morgan fingerprint density at radius 2 is 1.69 bits per heavy atom. The molecular formula is C19H24N4O3. The lowest BCUT2D eigenvalue weighted by atomic mass is 10.1. The van der Waals surface area contributed by atoms with Gasteiger partial charge in [-0.15, -0.1) is 0 Å². The number of aromatic nitrogens is 2. The molecule has 0 atom stereocenters. The molecule has 1 aromatic heterocycles. The Morgan fingerprint density at radius 1 is 1.08 bits per heavy atom. The molecule has 0 bridgehead atoms. The maximum absolute atomic E-state index is 12.4. The van der Waals surface area contributed by atoms with Gasteiger partial charge < -0.3 is 14.5 Å². The highest BCUT2D eigenvalue weighted by Gasteiger charge is 2.27. The van der Waals surface area contributed by atoms with Gasteiger partial charge >= 0.3 is 5.97 Å². The van der Waals surface area contributed by atoms with E-state index in [-0.39, 0.29) is 24.1 Å². The summed E-state index contributed by atoms with van der Waals surface area (Å²) in [6.07, 6.45) is 0. The maximum Gasteiger partial charge on any atom is 0.360 e. The molecule has 0 N–H and O–H groups in total. The first kappa shape index (κ1) is 18.1. The van der Waals surface area contributed by atoms with Crippen LogP contribution in [0.25, 0.3) is 11.0 Å². The lowest BCUT2D eigenvalue weighted by Gasteiger charge is -2.36. The number of anilines is 1. The number of carbonyl (C=O) groups excluding carboxylic acids is 2. The molecule has 138 valence electrons. The number of rotatable bonds is 4. The number of nitrogens with zero attached hydrogens (tertiary/aromatic N) is 4. The Balaban J connectivity index is 1.90. The van der Waals surface area contributed by atoms with Gasteiger partial charge in [0.15, 0.2) is 11.5 Å². The Labute approximate surface area is 153 Å². The molecule has 0 unspecified atom stereocenters. The van der Waals surface area contributed by atoms with Crippen LogP contribution in [-0.2, 0) is 9.53 Å². The summed E-state index contributed by atoms with van der Waals surface area (Å²) < 4.78 is 5.17. The molecule has 1 saturated heterocycles. The highest BCUT2D eigenvalue weighted by molar-refractivity contribution is 5.95. The predicted molar refractivity (Wildman–Crippen MR) is 99.1 cm³/mol. The van der Waals surface area contributed by atoms with E-state index in [1.165, 1.54) is 0 Å². The van der Waals surface area contributed by atoms with Crippen LogP contribution in [0.15, 0.2) is 24.3 Å². The van der Waals surface area contributed by atoms with Gasteiger partial charge in [0, 0.05) is 32.1 Å². The minimum absolute atomic E-state index is 0.0166. The largest absolute Gasteiger partial charge is 0.461 e. The highest BCUT2D eigenvalue weighted by atomic mass is 16.5. The summed E-state index contributed by atoms with van der Waals surface area (Å²) in [4.78, 5) is 37.6. The Bertz CT molecular complexity index is 814. The lowest BCUT2D eigenvalue weighted by molar-refractivity contribution is -0.134. The summed E-state index contributed by atoms with van der Waals surface area (Å²) >= 11 is 0. The summed E-state index contributed by atoms with van der Waals surface area (Å²) in [5.74, 6) is 0.192. The van der Waals surface area contributed by atoms with Crippen LogP contribution < -0.4 is 4.90 Å². The van der Waals surface area contributed by atoms with Gasteiger partial charge in [-0.05, 0) is 19.1 Å². The van der Waals surface area contributed by atoms with Gasteiger partial charge in [-0.3, -0.25) is 4.79 Å². The van der Waals surface area contributed by atoms with Crippen LogP contribution in [0.3, 0.4) is 0 Å². The molecule has 1 aliphatic rings. The van der Waals surface area contributed by atoms with E-state index in [0.29, 0.717) is 37.5 Å². The van der Waals surface area contributed by atoms with Gasteiger partial charge in [-0.2, -0.15) is 0 Å². The summed E-state index contributed by atoms with van der Waals surface area (Å²) in [5, 5.41) is 0. The zero-order valence-corrected chi connectivity index (χ0v) is 15.4. The van der Waals surface area contributed by atoms with Gasteiger partial charge in [-0.25, -0.2) is 14.8 Å². The van der Waals surface area contributed by atoms with E-state index in [1.807, 2.05) is 47.9 Å². The fourth-order valence-electron chi connectivity index (χ4n) is 3.05. The first-order valence-electron chi connectivity index (χ1n) is 8.99. The average Bonchev–Trinajstić information content (AvgIpc) is 2.66. The fraction of sp³-hybridized carbons (Fsp3) is 0.474. The molecule has 0 aliphatic carbocycles. The standard InChI is InChI=1S/C19H24N4O3/c1-4-26-19(25)16-17(21-15-8-6-5-7-14(15)20-16)22-9-11-23(12-10-22)18(24)13(2)3/h5-8,13H,4,9-12H2,1-3H3. The van der Waals surface area contributed by atoms with Crippen LogP contribution in [0.1, 0.15) is 31.3 Å². The van der Waals surface area contributed by atoms with Crippen molar-refractivity contribution in [3.05, 3.63) is 30.0 Å². The molecule has 2 aromatic rings. The highest BCUT2D eigenvalue weighted by Crippen LogP contribution is 2.23. The molecule has 0 saturated carbocycles. The third kappa shape index (κ3) is 3.61. The maximum atomic E-state index is 12.4. The van der Waals surface area contributed by atoms with E-state index in [2.05, 4.69) is 9.97 Å². The minimum atomic E-state index is -0.471. The smallest absolute Gasteiger partial charge is 0.360 e. The molecule has 7 nitrogen and oxygen atoms in total. The van der Waals surface area contributed by atoms with Crippen LogP contribution in [0.5, 0.6) is 0 Å². The van der Waals surface area contributed by atoms with Crippen molar-refractivity contribution in [1.82, 2.24) is 14.9 Å². The van der Waals surface area contributed by atoms with Crippen molar-refractivity contribution < 1.29 is 14.3 Å². The minimum Gasteiger partial charge on any atom is -0.461 e. The SMILES string of the molecule is CCOC(=O)c1nc2ccccc2nc1N1CCN(C(=O)C(C)C)CC1. The number of amides is 1. The fourth-order valence-corrected chi connectivity index (χ4v) is 3.05. The Hall–Kier alpha value is -2.70. The molecule has 1 amide bonds. The Morgan fingerprint density at radius 3 is 2.27 bits per heavy atom. The summed E-state index contributed by atoms with van der Waals surface area (Å²) in [6, 6.07) is 7.46. The number of benzene rings is 1. The van der Waals surface area contributed by atoms with Crippen molar-refractivity contribution in [2.24, 2.45) is 5.92 Å². The molecule has 0 spiro atoms. The summed E-state index contributed by atoms with van der Waals surface area (Å²) in [5.41, 5.74) is 1.62. The number of carbonyl (C=O) groups is 2. The number of hydrogen-bond acceptors (Lipinski definition) is 6. The van der Waals surface area contributed by atoms with E-state index in [4.69, 9.17) is 4.74 Å². The van der Waals surface area contributed by atoms with E-state index in [9.17, 15) is 9.59 Å². The van der Waals surface area contributed by atoms with E-state index in [0.717, 1.165) is 5.52 Å². The van der Waals surface area contributed by atoms with Crippen LogP contribution in [0, 0.1) is 5.92 Å². The monoisotopic (exact) mass is 356 g/mol. The number of piperazine rings is 1. The van der Waals surface area contributed by atoms with Crippen LogP contribution in [0.4, 0.5) is 5.82 Å². The lowest BCUT2D eigenvalue weighted by Crippen LogP contribution is -2.50. The second kappa shape index (κ2) is 7.68. The van der Waals surface area contributed by atoms with Crippen molar-refractivity contribution in [1.29, 1.82) is 0 Å². The zero-order chi connectivity index (χ0) is 18.7. The van der Waals surface area contributed by atoms with Crippen molar-refractivity contribution in [2.75, 3.05) is 37.7 Å². The van der Waals surface area contributed by atoms with Crippen LogP contribution in [0.2, 0.25) is 0 Å². The number of ether oxygens (including phenoxy) is 1. The summed E-state index contributed by atoms with van der Waals surface area (Å²) in [6.45, 7) is 8.29. The number of fused-ring (bicyclic) bond motifs is 1. The van der Waals surface area contributed by atoms with Crippen LogP contribution in [-0.4, -0.2) is 59.5 Å². The third-order valence-corrected chi connectivity index (χ3v) is 4.41. The first-order valence-corrected chi connectivity index (χ1v) is 8.99. The Kier molecular flexibility index (Phi) is 5.35. The van der Waals surface area contributed by atoms with Crippen molar-refractivity contribution in [3.8, 4) is 0 Å². The third-order valence-electron chi connectivity index (χ3n) is 4.41. The second-order valence-corrected chi connectivity index (χ2v) is 6.57. The quantitative estimate of drug-likeness (QED) is 0.781. The van der Waals surface area contributed by atoms with Crippen molar-refractivity contribution in [3.63, 3.8) is 0 Å². The van der Waals surface area contributed by atoms with E-state index < -0.39 is 5.97 Å². The topological polar surface area (TPSA) is 75.6 Å². The van der Waals surface area contributed by atoms with Gasteiger partial charge in [-0.1, -0.05) is 26.0 Å². The molecule has 1 aromatic carbocycles. The first-order chi connectivity index (χ1) is 12.5. The van der Waals surface area contributed by atoms with Gasteiger partial charge in [0.05, 0.1) is 17.6 Å². The molecule has 0 radical (unpaired) electrons. The van der Waals surface area contributed by atoms with Crippen molar-refractivity contribution in [2.45, 2.75) is 20.8 Å². The molecule has 26 heavy (non-hydrogen) atoms. The van der Waals surface area contributed by atoms with Gasteiger partial charge in [0.25, 0.3) is 0 Å². The number of para-hydroxylation sites is 2. The predicted octanol–water partition coefficient (Wildman–Crippen LogP) is 2.11. The molecule has 7 heteroatoms. The van der Waals surface area contributed by atoms with Gasteiger partial charge in [0.1, 0.15) is 0 Å². The van der Waals surface area contributed by atoms with E-state index >= 15 is 0 Å². The molecule has 1 fully saturated rings. The molecule has 3 rings (SSSR count). The molecule has 1 aliphatic heterocycles. The number of hydrogen-bond donors (Lipinski definition) is 0. The van der Waals surface area contributed by atoms with Gasteiger partial charge in [0.2, 0.25) is 5.91 Å². The summed E-state index contributed by atoms with van der Waals surface area (Å²) in [7, 11) is 0. The normalized spacial score (nSPS) is 14.8.